The van der Waals surface area contributed by atoms with Crippen molar-refractivity contribution in [3.63, 3.8) is 0 Å². The highest BCUT2D eigenvalue weighted by molar-refractivity contribution is 6.30. The second-order valence-electron chi connectivity index (χ2n) is 5.14. The smallest absolute Gasteiger partial charge is 0.407 e. The van der Waals surface area contributed by atoms with Gasteiger partial charge in [0.25, 0.3) is 5.69 Å². The number of nitrogens with one attached hydrogen (secondary N) is 1. The maximum atomic E-state index is 11.6. The standard InChI is InChI=1S/C18H17ClN2O4/c19-16-10-9-15(17(12-16)21(23)24)8-4-5-11-20-18(22)25-13-14-6-2-1-3-7-14/h1-4,6-10,12H,5,11,13H2,(H,20,22). The largest absolute Gasteiger partial charge is 0.445 e. The van der Waals surface area contributed by atoms with Crippen molar-refractivity contribution in [2.75, 3.05) is 6.54 Å². The number of hydrogen-bond donors (Lipinski definition) is 1. The summed E-state index contributed by atoms with van der Waals surface area (Å²) in [4.78, 5) is 22.1. The number of nitro benzene ring substituents is 1. The van der Waals surface area contributed by atoms with Crippen molar-refractivity contribution in [3.8, 4) is 0 Å². The average molecular weight is 361 g/mol. The van der Waals surface area contributed by atoms with Gasteiger partial charge in [0.1, 0.15) is 6.61 Å². The van der Waals surface area contributed by atoms with Crippen molar-refractivity contribution in [1.82, 2.24) is 5.32 Å². The normalized spacial score (nSPS) is 10.6. The zero-order valence-electron chi connectivity index (χ0n) is 13.4. The van der Waals surface area contributed by atoms with Crippen LogP contribution in [0.3, 0.4) is 0 Å². The summed E-state index contributed by atoms with van der Waals surface area (Å²) >= 11 is 5.76. The first-order chi connectivity index (χ1) is 12.1. The van der Waals surface area contributed by atoms with E-state index < -0.39 is 11.0 Å². The molecule has 0 unspecified atom stereocenters. The van der Waals surface area contributed by atoms with E-state index in [1.807, 2.05) is 30.3 Å². The van der Waals surface area contributed by atoms with Gasteiger partial charge in [0.05, 0.1) is 10.5 Å². The molecule has 0 aliphatic carbocycles. The van der Waals surface area contributed by atoms with Gasteiger partial charge >= 0.3 is 6.09 Å². The Morgan fingerprint density at radius 1 is 1.24 bits per heavy atom. The third kappa shape index (κ3) is 6.27. The van der Waals surface area contributed by atoms with Crippen molar-refractivity contribution in [2.24, 2.45) is 0 Å². The number of carbonyl (C=O) groups excluding carboxylic acids is 1. The van der Waals surface area contributed by atoms with Gasteiger partial charge in [0.15, 0.2) is 0 Å². The Morgan fingerprint density at radius 3 is 2.72 bits per heavy atom. The number of hydrogen-bond acceptors (Lipinski definition) is 4. The van der Waals surface area contributed by atoms with Crippen molar-refractivity contribution in [2.45, 2.75) is 13.0 Å². The molecule has 130 valence electrons. The van der Waals surface area contributed by atoms with E-state index in [0.29, 0.717) is 23.6 Å². The fraction of sp³-hybridized carbons (Fsp3) is 0.167. The number of nitrogens with zero attached hydrogens (tertiary/aromatic N) is 1. The van der Waals surface area contributed by atoms with E-state index in [0.717, 1.165) is 5.56 Å². The average Bonchev–Trinajstić information content (AvgIpc) is 2.61. The number of amides is 1. The fourth-order valence-electron chi connectivity index (χ4n) is 2.06. The van der Waals surface area contributed by atoms with Crippen LogP contribution in [-0.2, 0) is 11.3 Å². The molecule has 0 radical (unpaired) electrons. The second-order valence-corrected chi connectivity index (χ2v) is 5.58. The molecule has 1 amide bonds. The predicted molar refractivity (Wildman–Crippen MR) is 96.4 cm³/mol. The van der Waals surface area contributed by atoms with E-state index in [9.17, 15) is 14.9 Å². The molecule has 0 aliphatic rings. The Labute approximate surface area is 150 Å². The molecule has 0 heterocycles. The molecule has 0 saturated heterocycles. The van der Waals surface area contributed by atoms with E-state index in [1.165, 1.54) is 6.07 Å². The highest BCUT2D eigenvalue weighted by atomic mass is 35.5. The quantitative estimate of drug-likeness (QED) is 0.445. The molecule has 1 N–H and O–H groups in total. The summed E-state index contributed by atoms with van der Waals surface area (Å²) in [6.45, 7) is 0.574. The summed E-state index contributed by atoms with van der Waals surface area (Å²) in [6, 6.07) is 13.9. The molecule has 25 heavy (non-hydrogen) atoms. The Kier molecular flexibility index (Phi) is 6.98. The highest BCUT2D eigenvalue weighted by Gasteiger charge is 2.11. The first-order valence-electron chi connectivity index (χ1n) is 7.61. The number of halogens is 1. The summed E-state index contributed by atoms with van der Waals surface area (Å²) in [5.74, 6) is 0. The zero-order valence-corrected chi connectivity index (χ0v) is 14.1. The second kappa shape index (κ2) is 9.44. The first kappa shape index (κ1) is 18.5. The molecule has 0 atom stereocenters. The number of alkyl carbamates (subject to hydrolysis) is 1. The van der Waals surface area contributed by atoms with Gasteiger partial charge in [-0.3, -0.25) is 10.1 Å². The zero-order chi connectivity index (χ0) is 18.1. The van der Waals surface area contributed by atoms with E-state index in [2.05, 4.69) is 5.32 Å². The third-order valence-corrected chi connectivity index (χ3v) is 3.51. The molecule has 0 fully saturated rings. The topological polar surface area (TPSA) is 81.5 Å². The van der Waals surface area contributed by atoms with E-state index in [4.69, 9.17) is 16.3 Å². The Bertz CT molecular complexity index is 763. The molecule has 0 aromatic heterocycles. The molecular formula is C18H17ClN2O4. The lowest BCUT2D eigenvalue weighted by atomic mass is 10.1. The molecule has 2 rings (SSSR count). The van der Waals surface area contributed by atoms with Crippen molar-refractivity contribution < 1.29 is 14.5 Å². The van der Waals surface area contributed by atoms with Crippen LogP contribution in [0.2, 0.25) is 5.02 Å². The Balaban J connectivity index is 1.74. The monoisotopic (exact) mass is 360 g/mol. The van der Waals surface area contributed by atoms with Crippen LogP contribution in [0.5, 0.6) is 0 Å². The number of nitro groups is 1. The van der Waals surface area contributed by atoms with Gasteiger partial charge in [-0.1, -0.05) is 54.1 Å². The van der Waals surface area contributed by atoms with Gasteiger partial charge < -0.3 is 10.1 Å². The van der Waals surface area contributed by atoms with Crippen LogP contribution in [0.25, 0.3) is 6.08 Å². The summed E-state index contributed by atoms with van der Waals surface area (Å²) in [7, 11) is 0. The van der Waals surface area contributed by atoms with Crippen LogP contribution in [0.4, 0.5) is 10.5 Å². The lowest BCUT2D eigenvalue weighted by molar-refractivity contribution is -0.385. The lowest BCUT2D eigenvalue weighted by Crippen LogP contribution is -2.24. The Hall–Kier alpha value is -2.86. The molecule has 0 spiro atoms. The minimum absolute atomic E-state index is 0.0565. The molecule has 2 aromatic carbocycles. The van der Waals surface area contributed by atoms with Gasteiger partial charge in [-0.05, 0) is 24.1 Å². The minimum atomic E-state index is -0.505. The summed E-state index contributed by atoms with van der Waals surface area (Å²) in [5.41, 5.74) is 1.31. The predicted octanol–water partition coefficient (Wildman–Crippen LogP) is 4.58. The maximum absolute atomic E-state index is 11.6. The molecule has 0 aliphatic heterocycles. The summed E-state index contributed by atoms with van der Waals surface area (Å²) < 4.78 is 5.08. The molecule has 2 aromatic rings. The minimum Gasteiger partial charge on any atom is -0.445 e. The van der Waals surface area contributed by atoms with Gasteiger partial charge in [-0.2, -0.15) is 0 Å². The van der Waals surface area contributed by atoms with Crippen LogP contribution in [0.1, 0.15) is 17.5 Å². The van der Waals surface area contributed by atoms with Gasteiger partial charge in [-0.15, -0.1) is 0 Å². The number of benzene rings is 2. The number of ether oxygens (including phenoxy) is 1. The SMILES string of the molecule is O=C(NCCC=Cc1ccc(Cl)cc1[N+](=O)[O-])OCc1ccccc1. The molecule has 0 bridgehead atoms. The summed E-state index contributed by atoms with van der Waals surface area (Å²) in [5, 5.41) is 13.9. The van der Waals surface area contributed by atoms with Crippen LogP contribution in [0, 0.1) is 10.1 Å². The van der Waals surface area contributed by atoms with Crippen molar-refractivity contribution >= 4 is 29.5 Å². The fourth-order valence-corrected chi connectivity index (χ4v) is 2.22. The van der Waals surface area contributed by atoms with E-state index in [-0.39, 0.29) is 12.3 Å². The van der Waals surface area contributed by atoms with Gasteiger partial charge in [-0.25, -0.2) is 4.79 Å². The Morgan fingerprint density at radius 2 is 2.00 bits per heavy atom. The van der Waals surface area contributed by atoms with Crippen LogP contribution in [0.15, 0.2) is 54.6 Å². The van der Waals surface area contributed by atoms with Crippen LogP contribution in [-0.4, -0.2) is 17.6 Å². The number of rotatable bonds is 7. The van der Waals surface area contributed by atoms with Crippen LogP contribution >= 0.6 is 11.6 Å². The highest BCUT2D eigenvalue weighted by Crippen LogP contribution is 2.24. The molecule has 6 nitrogen and oxygen atoms in total. The number of carbonyl (C=O) groups is 1. The van der Waals surface area contributed by atoms with Crippen molar-refractivity contribution in [1.29, 1.82) is 0 Å². The lowest BCUT2D eigenvalue weighted by Gasteiger charge is -2.05. The summed E-state index contributed by atoms with van der Waals surface area (Å²) in [6.07, 6.45) is 3.38. The molecular weight excluding hydrogens is 344 g/mol. The van der Waals surface area contributed by atoms with Gasteiger partial charge in [0, 0.05) is 17.6 Å². The third-order valence-electron chi connectivity index (χ3n) is 3.28. The van der Waals surface area contributed by atoms with E-state index >= 15 is 0 Å². The first-order valence-corrected chi connectivity index (χ1v) is 7.99. The molecule has 0 saturated carbocycles. The van der Waals surface area contributed by atoms with Crippen molar-refractivity contribution in [3.05, 3.63) is 80.9 Å². The van der Waals surface area contributed by atoms with E-state index in [1.54, 1.807) is 24.3 Å². The maximum Gasteiger partial charge on any atom is 0.407 e. The van der Waals surface area contributed by atoms with Crippen LogP contribution < -0.4 is 5.32 Å². The molecule has 7 heteroatoms. The van der Waals surface area contributed by atoms with Gasteiger partial charge in [0.2, 0.25) is 0 Å².